The van der Waals surface area contributed by atoms with Crippen molar-refractivity contribution >= 4 is 22.6 Å². The molecule has 0 spiro atoms. The van der Waals surface area contributed by atoms with Crippen LogP contribution in [-0.2, 0) is 4.79 Å². The number of carbonyl (C=O) groups is 1. The van der Waals surface area contributed by atoms with Crippen LogP contribution in [0.15, 0.2) is 24.3 Å². The second-order valence-electron chi connectivity index (χ2n) is 7.73. The number of halogens is 1. The highest BCUT2D eigenvalue weighted by Gasteiger charge is 2.42. The molecule has 2 N–H and O–H groups in total. The third-order valence-electron chi connectivity index (χ3n) is 5.82. The van der Waals surface area contributed by atoms with E-state index in [0.717, 1.165) is 36.3 Å². The molecule has 5 nitrogen and oxygen atoms in total. The smallest absolute Gasteiger partial charge is 0.217 e. The maximum atomic E-state index is 13.6. The fourth-order valence-electron chi connectivity index (χ4n) is 4.55. The summed E-state index contributed by atoms with van der Waals surface area (Å²) in [6.07, 6.45) is 0.969. The lowest BCUT2D eigenvalue weighted by Crippen LogP contribution is -2.48. The van der Waals surface area contributed by atoms with Crippen LogP contribution < -0.4 is 10.2 Å². The van der Waals surface area contributed by atoms with Crippen molar-refractivity contribution in [2.45, 2.75) is 38.8 Å². The number of pyridine rings is 1. The second-order valence-corrected chi connectivity index (χ2v) is 7.73. The molecule has 4 rings (SSSR count). The van der Waals surface area contributed by atoms with Gasteiger partial charge in [-0.25, -0.2) is 9.37 Å². The molecule has 1 saturated carbocycles. The number of nitrogens with one attached hydrogen (secondary N) is 1. The first-order valence-electron chi connectivity index (χ1n) is 9.17. The van der Waals surface area contributed by atoms with E-state index in [1.165, 1.54) is 19.1 Å². The number of hydrogen-bond acceptors (Lipinski definition) is 4. The summed E-state index contributed by atoms with van der Waals surface area (Å²) in [4.78, 5) is 18.3. The quantitative estimate of drug-likeness (QED) is 0.866. The minimum Gasteiger partial charge on any atom is -0.391 e. The van der Waals surface area contributed by atoms with Gasteiger partial charge < -0.3 is 15.3 Å². The van der Waals surface area contributed by atoms with Crippen LogP contribution in [0.5, 0.6) is 0 Å². The number of benzene rings is 1. The topological polar surface area (TPSA) is 65.5 Å². The van der Waals surface area contributed by atoms with Crippen molar-refractivity contribution in [3.63, 3.8) is 0 Å². The predicted molar refractivity (Wildman–Crippen MR) is 98.5 cm³/mol. The Balaban J connectivity index is 1.57. The number of nitrogens with zero attached hydrogens (tertiary/aromatic N) is 2. The molecule has 4 atom stereocenters. The average molecular weight is 357 g/mol. The summed E-state index contributed by atoms with van der Waals surface area (Å²) in [6, 6.07) is 6.60. The summed E-state index contributed by atoms with van der Waals surface area (Å²) in [6.45, 7) is 5.19. The Morgan fingerprint density at radius 1 is 1.27 bits per heavy atom. The van der Waals surface area contributed by atoms with Gasteiger partial charge in [0.25, 0.3) is 0 Å². The highest BCUT2D eigenvalue weighted by atomic mass is 19.1. The number of anilines is 1. The largest absolute Gasteiger partial charge is 0.391 e. The van der Waals surface area contributed by atoms with Gasteiger partial charge in [-0.1, -0.05) is 0 Å². The summed E-state index contributed by atoms with van der Waals surface area (Å²) in [5.41, 5.74) is 1.75. The summed E-state index contributed by atoms with van der Waals surface area (Å²) >= 11 is 0. The average Bonchev–Trinajstić information content (AvgIpc) is 2.97. The van der Waals surface area contributed by atoms with Crippen molar-refractivity contribution in [3.05, 3.63) is 35.6 Å². The second kappa shape index (κ2) is 6.50. The van der Waals surface area contributed by atoms with E-state index in [2.05, 4.69) is 21.3 Å². The van der Waals surface area contributed by atoms with Crippen LogP contribution in [0, 0.1) is 24.6 Å². The highest BCUT2D eigenvalue weighted by Crippen LogP contribution is 2.38. The van der Waals surface area contributed by atoms with E-state index in [-0.39, 0.29) is 17.8 Å². The Labute approximate surface area is 152 Å². The van der Waals surface area contributed by atoms with Crippen molar-refractivity contribution in [1.82, 2.24) is 10.3 Å². The molecule has 1 saturated heterocycles. The molecule has 1 amide bonds. The maximum absolute atomic E-state index is 13.6. The van der Waals surface area contributed by atoms with Gasteiger partial charge in [0, 0.05) is 31.5 Å². The molecule has 1 aromatic heterocycles. The third-order valence-corrected chi connectivity index (χ3v) is 5.82. The van der Waals surface area contributed by atoms with Crippen LogP contribution in [0.1, 0.15) is 25.3 Å². The van der Waals surface area contributed by atoms with Gasteiger partial charge in [-0.05, 0) is 55.4 Å². The standard InChI is InChI=1S/C20H24FN3O2/c1-11-5-20(23-17-8-15(21)3-4-16(11)17)24-9-13-6-18(22-12(2)25)19(26)7-14(13)10-24/h3-5,8,13-14,18-19,26H,6-7,9-10H2,1-2H3,(H,22,25)/t13-,14+,18-,19-/m1/s1. The number of aromatic nitrogens is 1. The van der Waals surface area contributed by atoms with Crippen LogP contribution >= 0.6 is 0 Å². The molecule has 2 aromatic rings. The fourth-order valence-corrected chi connectivity index (χ4v) is 4.55. The monoisotopic (exact) mass is 357 g/mol. The van der Waals surface area contributed by atoms with Crippen molar-refractivity contribution in [2.75, 3.05) is 18.0 Å². The molecule has 1 aromatic carbocycles. The Morgan fingerprint density at radius 2 is 2.00 bits per heavy atom. The minimum atomic E-state index is -0.500. The van der Waals surface area contributed by atoms with Crippen LogP contribution in [0.3, 0.4) is 0 Å². The van der Waals surface area contributed by atoms with E-state index in [1.54, 1.807) is 6.07 Å². The van der Waals surface area contributed by atoms with Gasteiger partial charge in [0.15, 0.2) is 0 Å². The summed E-state index contributed by atoms with van der Waals surface area (Å²) in [5, 5.41) is 14.2. The summed E-state index contributed by atoms with van der Waals surface area (Å²) < 4.78 is 13.6. The first-order valence-corrected chi connectivity index (χ1v) is 9.17. The zero-order chi connectivity index (χ0) is 18.4. The van der Waals surface area contributed by atoms with Gasteiger partial charge in [-0.2, -0.15) is 0 Å². The molecule has 2 fully saturated rings. The lowest BCUT2D eigenvalue weighted by atomic mass is 9.77. The first kappa shape index (κ1) is 17.2. The van der Waals surface area contributed by atoms with E-state index >= 15 is 0 Å². The normalized spacial score (nSPS) is 28.2. The zero-order valence-corrected chi connectivity index (χ0v) is 15.1. The molecule has 2 heterocycles. The van der Waals surface area contributed by atoms with Crippen molar-refractivity contribution in [1.29, 1.82) is 0 Å². The number of fused-ring (bicyclic) bond motifs is 2. The van der Waals surface area contributed by atoms with Crippen LogP contribution in [0.4, 0.5) is 10.2 Å². The van der Waals surface area contributed by atoms with Crippen LogP contribution in [-0.4, -0.2) is 41.2 Å². The van der Waals surface area contributed by atoms with E-state index < -0.39 is 6.10 Å². The first-order chi connectivity index (χ1) is 12.4. The maximum Gasteiger partial charge on any atom is 0.217 e. The number of aliphatic hydroxyl groups excluding tert-OH is 1. The van der Waals surface area contributed by atoms with Crippen molar-refractivity contribution in [2.24, 2.45) is 11.8 Å². The number of rotatable bonds is 2. The number of aliphatic hydroxyl groups is 1. The van der Waals surface area contributed by atoms with E-state index in [4.69, 9.17) is 0 Å². The predicted octanol–water partition coefficient (Wildman–Crippen LogP) is 2.39. The molecule has 2 aliphatic rings. The van der Waals surface area contributed by atoms with E-state index in [0.29, 0.717) is 23.8 Å². The number of carbonyl (C=O) groups excluding carboxylic acids is 1. The third kappa shape index (κ3) is 3.14. The molecule has 26 heavy (non-hydrogen) atoms. The molecule has 0 unspecified atom stereocenters. The van der Waals surface area contributed by atoms with Gasteiger partial charge in [0.05, 0.1) is 17.7 Å². The lowest BCUT2D eigenvalue weighted by Gasteiger charge is -2.35. The molecule has 1 aliphatic carbocycles. The Kier molecular flexibility index (Phi) is 4.31. The number of aryl methyl sites for hydroxylation is 1. The Hall–Kier alpha value is -2.21. The Morgan fingerprint density at radius 3 is 2.73 bits per heavy atom. The SMILES string of the molecule is CC(=O)N[C@@H]1C[C@@H]2CN(c3cc(C)c4ccc(F)cc4n3)C[C@@H]2C[C@H]1O. The van der Waals surface area contributed by atoms with Gasteiger partial charge in [0.2, 0.25) is 5.91 Å². The van der Waals surface area contributed by atoms with Crippen molar-refractivity contribution < 1.29 is 14.3 Å². The van der Waals surface area contributed by atoms with Crippen LogP contribution in [0.25, 0.3) is 10.9 Å². The molecule has 0 bridgehead atoms. The van der Waals surface area contributed by atoms with Crippen LogP contribution in [0.2, 0.25) is 0 Å². The fraction of sp³-hybridized carbons (Fsp3) is 0.500. The van der Waals surface area contributed by atoms with Gasteiger partial charge in [0.1, 0.15) is 11.6 Å². The molecular weight excluding hydrogens is 333 g/mol. The molecule has 138 valence electrons. The molecule has 1 aliphatic heterocycles. The summed E-state index contributed by atoms with van der Waals surface area (Å²) in [5.74, 6) is 1.29. The number of hydrogen-bond donors (Lipinski definition) is 2. The number of amides is 1. The highest BCUT2D eigenvalue weighted by molar-refractivity contribution is 5.84. The zero-order valence-electron chi connectivity index (χ0n) is 15.1. The molecule has 6 heteroatoms. The van der Waals surface area contributed by atoms with Gasteiger partial charge in [-0.15, -0.1) is 0 Å². The minimum absolute atomic E-state index is 0.101. The van der Waals surface area contributed by atoms with Gasteiger partial charge in [-0.3, -0.25) is 4.79 Å². The molecule has 0 radical (unpaired) electrons. The molecular formula is C20H24FN3O2. The lowest BCUT2D eigenvalue weighted by molar-refractivity contribution is -0.121. The van der Waals surface area contributed by atoms with E-state index in [9.17, 15) is 14.3 Å². The van der Waals surface area contributed by atoms with Crippen molar-refractivity contribution in [3.8, 4) is 0 Å². The Bertz CT molecular complexity index is 856. The van der Waals surface area contributed by atoms with E-state index in [1.807, 2.05) is 6.92 Å². The summed E-state index contributed by atoms with van der Waals surface area (Å²) in [7, 11) is 0. The van der Waals surface area contributed by atoms with Gasteiger partial charge >= 0.3 is 0 Å².